The van der Waals surface area contributed by atoms with Crippen LogP contribution in [0.3, 0.4) is 0 Å². The van der Waals surface area contributed by atoms with Crippen molar-refractivity contribution in [3.8, 4) is 0 Å². The van der Waals surface area contributed by atoms with E-state index < -0.39 is 6.43 Å². The molecule has 0 fully saturated rings. The molecule has 1 aliphatic heterocycles. The number of fused-ring (bicyclic) bond motifs is 2. The molecule has 136 valence electrons. The fraction of sp³-hybridized carbons (Fsp3) is 0.222. The van der Waals surface area contributed by atoms with Crippen LogP contribution in [-0.2, 0) is 6.42 Å². The zero-order valence-electron chi connectivity index (χ0n) is 14.1. The molecule has 27 heavy (non-hydrogen) atoms. The minimum atomic E-state index is -2.59. The molecule has 4 aromatic heterocycles. The number of rotatable bonds is 3. The number of aromatic amines is 1. The number of imidazole rings is 1. The third-order valence-corrected chi connectivity index (χ3v) is 4.76. The molecule has 0 spiro atoms. The van der Waals surface area contributed by atoms with Gasteiger partial charge in [0, 0.05) is 37.3 Å². The maximum Gasteiger partial charge on any atom is 0.266 e. The van der Waals surface area contributed by atoms with Gasteiger partial charge in [0.05, 0.1) is 28.8 Å². The van der Waals surface area contributed by atoms with Crippen molar-refractivity contribution < 1.29 is 8.78 Å². The number of halogens is 2. The van der Waals surface area contributed by atoms with Crippen LogP contribution in [0.15, 0.2) is 49.2 Å². The van der Waals surface area contributed by atoms with Crippen LogP contribution in [0.4, 0.5) is 14.7 Å². The Hall–Kier alpha value is -3.36. The molecule has 0 saturated carbocycles. The Bertz CT molecular complexity index is 1050. The highest BCUT2D eigenvalue weighted by molar-refractivity contribution is 5.52. The lowest BCUT2D eigenvalue weighted by Crippen LogP contribution is -2.37. The van der Waals surface area contributed by atoms with Crippen molar-refractivity contribution in [2.75, 3.05) is 11.4 Å². The summed E-state index contributed by atoms with van der Waals surface area (Å²) in [6.07, 6.45) is 4.04. The highest BCUT2D eigenvalue weighted by atomic mass is 19.3. The molecule has 7 nitrogen and oxygen atoms in total. The number of nitrogens with zero attached hydrogens (tertiary/aromatic N) is 6. The van der Waals surface area contributed by atoms with E-state index in [4.69, 9.17) is 0 Å². The minimum absolute atomic E-state index is 0.194. The molecule has 1 aliphatic rings. The van der Waals surface area contributed by atoms with Crippen LogP contribution in [0.5, 0.6) is 0 Å². The van der Waals surface area contributed by atoms with Crippen LogP contribution in [-0.4, -0.2) is 36.1 Å². The number of aromatic nitrogens is 6. The zero-order valence-corrected chi connectivity index (χ0v) is 14.1. The summed E-state index contributed by atoms with van der Waals surface area (Å²) in [7, 11) is 0. The van der Waals surface area contributed by atoms with E-state index in [-0.39, 0.29) is 11.6 Å². The molecule has 0 amide bonds. The van der Waals surface area contributed by atoms with Gasteiger partial charge in [-0.25, -0.2) is 28.2 Å². The number of nitrogens with one attached hydrogen (secondary N) is 1. The van der Waals surface area contributed by atoms with E-state index in [9.17, 15) is 8.78 Å². The smallest absolute Gasteiger partial charge is 0.266 e. The van der Waals surface area contributed by atoms with Gasteiger partial charge in [0.2, 0.25) is 5.95 Å². The number of pyridine rings is 1. The van der Waals surface area contributed by atoms with Crippen molar-refractivity contribution >= 4 is 11.5 Å². The molecule has 1 atom stereocenters. The average molecular weight is 367 g/mol. The molecule has 5 heterocycles. The number of hydrogen-bond acceptors (Lipinski definition) is 5. The quantitative estimate of drug-likeness (QED) is 0.603. The lowest BCUT2D eigenvalue weighted by molar-refractivity contribution is 0.150. The number of H-pyrrole nitrogens is 1. The summed E-state index contributed by atoms with van der Waals surface area (Å²) in [6.45, 7) is 0.627. The number of hydrogen-bond donors (Lipinski definition) is 1. The van der Waals surface area contributed by atoms with Crippen LogP contribution in [0, 0.1) is 0 Å². The molecule has 0 aliphatic carbocycles. The van der Waals surface area contributed by atoms with Gasteiger partial charge in [-0.3, -0.25) is 0 Å². The van der Waals surface area contributed by atoms with Gasteiger partial charge in [-0.05, 0) is 18.2 Å². The molecular formula is C18H15F2N7. The summed E-state index contributed by atoms with van der Waals surface area (Å²) in [4.78, 5) is 18.0. The van der Waals surface area contributed by atoms with Crippen molar-refractivity contribution in [1.29, 1.82) is 0 Å². The molecule has 4 aromatic rings. The first-order chi connectivity index (χ1) is 13.2. The summed E-state index contributed by atoms with van der Waals surface area (Å²) in [5, 5.41) is 4.68. The topological polar surface area (TPSA) is 75.0 Å². The lowest BCUT2D eigenvalue weighted by atomic mass is 10.0. The molecule has 9 heteroatoms. The minimum Gasteiger partial charge on any atom is -0.348 e. The van der Waals surface area contributed by atoms with E-state index in [0.29, 0.717) is 12.5 Å². The van der Waals surface area contributed by atoms with Crippen LogP contribution in [0.1, 0.15) is 35.1 Å². The van der Waals surface area contributed by atoms with E-state index >= 15 is 0 Å². The molecule has 5 rings (SSSR count). The first kappa shape index (κ1) is 15.9. The second-order valence-corrected chi connectivity index (χ2v) is 6.37. The van der Waals surface area contributed by atoms with E-state index in [2.05, 4.69) is 25.0 Å². The Balaban J connectivity index is 1.61. The van der Waals surface area contributed by atoms with Crippen LogP contribution >= 0.6 is 0 Å². The average Bonchev–Trinajstić information content (AvgIpc) is 3.33. The summed E-state index contributed by atoms with van der Waals surface area (Å²) < 4.78 is 27.5. The Labute approximate surface area is 152 Å². The van der Waals surface area contributed by atoms with Gasteiger partial charge in [0.25, 0.3) is 6.43 Å². The first-order valence-corrected chi connectivity index (χ1v) is 8.54. The van der Waals surface area contributed by atoms with Crippen LogP contribution < -0.4 is 4.90 Å². The first-order valence-electron chi connectivity index (χ1n) is 8.54. The van der Waals surface area contributed by atoms with Gasteiger partial charge in [0.15, 0.2) is 0 Å². The van der Waals surface area contributed by atoms with Crippen LogP contribution in [0.2, 0.25) is 0 Å². The summed E-state index contributed by atoms with van der Waals surface area (Å²) in [5.74, 6) is 0.384. The predicted octanol–water partition coefficient (Wildman–Crippen LogP) is 2.94. The Morgan fingerprint density at radius 1 is 1.15 bits per heavy atom. The summed E-state index contributed by atoms with van der Waals surface area (Å²) in [6, 6.07) is 7.54. The van der Waals surface area contributed by atoms with Gasteiger partial charge < -0.3 is 9.88 Å². The van der Waals surface area contributed by atoms with E-state index in [1.165, 1.54) is 12.4 Å². The monoisotopic (exact) mass is 367 g/mol. The maximum absolute atomic E-state index is 12.8. The molecule has 0 bridgehead atoms. The van der Waals surface area contributed by atoms with Gasteiger partial charge in [-0.1, -0.05) is 6.07 Å². The summed E-state index contributed by atoms with van der Waals surface area (Å²) in [5.41, 5.74) is 3.46. The normalized spacial score (nSPS) is 16.9. The molecule has 0 radical (unpaired) electrons. The third-order valence-electron chi connectivity index (χ3n) is 4.76. The Morgan fingerprint density at radius 3 is 2.78 bits per heavy atom. The Morgan fingerprint density at radius 2 is 2.00 bits per heavy atom. The molecular weight excluding hydrogens is 352 g/mol. The Kier molecular flexibility index (Phi) is 3.59. The van der Waals surface area contributed by atoms with E-state index in [1.54, 1.807) is 10.8 Å². The molecule has 0 saturated heterocycles. The summed E-state index contributed by atoms with van der Waals surface area (Å²) >= 11 is 0. The predicted molar refractivity (Wildman–Crippen MR) is 93.7 cm³/mol. The highest BCUT2D eigenvalue weighted by Gasteiger charge is 2.34. The van der Waals surface area contributed by atoms with Crippen molar-refractivity contribution in [1.82, 2.24) is 29.5 Å². The van der Waals surface area contributed by atoms with Crippen molar-refractivity contribution in [3.63, 3.8) is 0 Å². The number of anilines is 1. The second kappa shape index (κ2) is 6.11. The fourth-order valence-electron chi connectivity index (χ4n) is 3.48. The molecule has 1 N–H and O–H groups in total. The zero-order chi connectivity index (χ0) is 18.4. The molecule has 0 aromatic carbocycles. The van der Waals surface area contributed by atoms with Gasteiger partial charge in [-0.2, -0.15) is 5.10 Å². The largest absolute Gasteiger partial charge is 0.348 e. The van der Waals surface area contributed by atoms with Crippen molar-refractivity contribution in [2.45, 2.75) is 18.9 Å². The maximum atomic E-state index is 12.8. The van der Waals surface area contributed by atoms with Gasteiger partial charge in [0.1, 0.15) is 6.04 Å². The second-order valence-electron chi connectivity index (χ2n) is 6.37. The standard InChI is InChI=1S/C18H15F2N7/c19-17(20)11-8-21-18(22-9-11)26-6-4-13-15(24-10-23-13)16(26)14-7-12-3-1-2-5-27(12)25-14/h1-3,5,7-10,16-17H,4,6H2,(H,23,24). The molecule has 1 unspecified atom stereocenters. The number of alkyl halides is 2. The van der Waals surface area contributed by atoms with Gasteiger partial charge in [-0.15, -0.1) is 0 Å². The van der Waals surface area contributed by atoms with Crippen molar-refractivity contribution in [3.05, 3.63) is 71.8 Å². The van der Waals surface area contributed by atoms with Crippen molar-refractivity contribution in [2.24, 2.45) is 0 Å². The fourth-order valence-corrected chi connectivity index (χ4v) is 3.48. The third kappa shape index (κ3) is 2.62. The van der Waals surface area contributed by atoms with E-state index in [1.807, 2.05) is 35.4 Å². The highest BCUT2D eigenvalue weighted by Crippen LogP contribution is 2.35. The lowest BCUT2D eigenvalue weighted by Gasteiger charge is -2.33. The van der Waals surface area contributed by atoms with Crippen LogP contribution in [0.25, 0.3) is 5.52 Å². The van der Waals surface area contributed by atoms with E-state index in [0.717, 1.165) is 29.0 Å². The van der Waals surface area contributed by atoms with Gasteiger partial charge >= 0.3 is 0 Å². The SMILES string of the molecule is FC(F)c1cnc(N2CCc3[nH]cnc3C2c2cc3ccccn3n2)nc1.